The van der Waals surface area contributed by atoms with Crippen LogP contribution in [0.2, 0.25) is 0 Å². The number of carbonyl (C=O) groups excluding carboxylic acids is 1. The van der Waals surface area contributed by atoms with Crippen LogP contribution in [0, 0.1) is 6.92 Å². The van der Waals surface area contributed by atoms with Crippen molar-refractivity contribution in [3.05, 3.63) is 60.2 Å². The molecule has 1 amide bonds. The zero-order valence-corrected chi connectivity index (χ0v) is 20.0. The number of aryl methyl sites for hydroxylation is 1. The summed E-state index contributed by atoms with van der Waals surface area (Å²) in [7, 11) is -7.80. The van der Waals surface area contributed by atoms with E-state index < -0.39 is 32.5 Å². The van der Waals surface area contributed by atoms with Crippen LogP contribution in [0.5, 0.6) is 0 Å². The molecule has 2 heterocycles. The Morgan fingerprint density at radius 3 is 2.50 bits per heavy atom. The molecule has 0 radical (unpaired) electrons. The molecule has 0 unspecified atom stereocenters. The highest BCUT2D eigenvalue weighted by Gasteiger charge is 2.37. The van der Waals surface area contributed by atoms with E-state index in [-0.39, 0.29) is 28.6 Å². The number of benzene rings is 3. The van der Waals surface area contributed by atoms with E-state index in [0.717, 1.165) is 9.69 Å². The molecular formula is C23H23N3O6S2. The maximum Gasteiger partial charge on any atom is 0.265 e. The summed E-state index contributed by atoms with van der Waals surface area (Å²) in [5.41, 5.74) is 1.25. The number of ether oxygens (including phenoxy) is 1. The monoisotopic (exact) mass is 501 g/mol. The van der Waals surface area contributed by atoms with Crippen molar-refractivity contribution in [3.8, 4) is 0 Å². The molecule has 2 aliphatic heterocycles. The summed E-state index contributed by atoms with van der Waals surface area (Å²) in [4.78, 5) is 13.1. The summed E-state index contributed by atoms with van der Waals surface area (Å²) in [6, 6.07) is 14.9. The molecule has 34 heavy (non-hydrogen) atoms. The number of sulfonamides is 2. The van der Waals surface area contributed by atoms with E-state index in [1.54, 1.807) is 31.2 Å². The summed E-state index contributed by atoms with van der Waals surface area (Å²) < 4.78 is 60.5. The minimum atomic E-state index is -3.92. The second-order valence-electron chi connectivity index (χ2n) is 8.21. The van der Waals surface area contributed by atoms with E-state index in [9.17, 15) is 21.6 Å². The quantitative estimate of drug-likeness (QED) is 0.574. The Balaban J connectivity index is 1.45. The first kappa shape index (κ1) is 22.8. The van der Waals surface area contributed by atoms with Gasteiger partial charge in [0, 0.05) is 18.5 Å². The Hall–Kier alpha value is -2.99. The Bertz CT molecular complexity index is 1510. The number of carbonyl (C=O) groups is 1. The van der Waals surface area contributed by atoms with Gasteiger partial charge in [-0.05, 0) is 42.1 Å². The highest BCUT2D eigenvalue weighted by Crippen LogP contribution is 2.41. The van der Waals surface area contributed by atoms with E-state index in [2.05, 4.69) is 5.32 Å². The first-order chi connectivity index (χ1) is 16.2. The zero-order valence-electron chi connectivity index (χ0n) is 18.4. The normalized spacial score (nSPS) is 17.7. The second-order valence-corrected chi connectivity index (χ2v) is 11.9. The number of nitrogens with one attached hydrogen (secondary N) is 1. The van der Waals surface area contributed by atoms with Crippen LogP contribution in [0.15, 0.2) is 64.4 Å². The lowest BCUT2D eigenvalue weighted by Crippen LogP contribution is -2.41. The molecule has 11 heteroatoms. The summed E-state index contributed by atoms with van der Waals surface area (Å²) in [6.07, 6.45) is 0. The van der Waals surface area contributed by atoms with E-state index in [1.165, 1.54) is 22.5 Å². The fourth-order valence-corrected chi connectivity index (χ4v) is 7.63. The Labute approximate surface area is 198 Å². The topological polar surface area (TPSA) is 113 Å². The van der Waals surface area contributed by atoms with Crippen molar-refractivity contribution in [3.63, 3.8) is 0 Å². The van der Waals surface area contributed by atoms with Gasteiger partial charge in [0.15, 0.2) is 0 Å². The van der Waals surface area contributed by atoms with Crippen LogP contribution in [0.4, 0.5) is 11.4 Å². The smallest absolute Gasteiger partial charge is 0.265 e. The zero-order chi connectivity index (χ0) is 24.1. The molecule has 1 saturated heterocycles. The van der Waals surface area contributed by atoms with Gasteiger partial charge in [0.05, 0.1) is 29.5 Å². The second kappa shape index (κ2) is 8.35. The molecule has 9 nitrogen and oxygen atoms in total. The van der Waals surface area contributed by atoms with Crippen molar-refractivity contribution in [1.29, 1.82) is 0 Å². The fourth-order valence-electron chi connectivity index (χ4n) is 4.32. The molecule has 1 fully saturated rings. The first-order valence-electron chi connectivity index (χ1n) is 10.7. The van der Waals surface area contributed by atoms with Crippen LogP contribution in [0.1, 0.15) is 5.56 Å². The van der Waals surface area contributed by atoms with Crippen LogP contribution in [0.3, 0.4) is 0 Å². The van der Waals surface area contributed by atoms with E-state index in [4.69, 9.17) is 4.74 Å². The van der Waals surface area contributed by atoms with Crippen LogP contribution in [-0.4, -0.2) is 59.9 Å². The van der Waals surface area contributed by atoms with Crippen molar-refractivity contribution >= 4 is 48.1 Å². The lowest BCUT2D eigenvalue weighted by Gasteiger charge is -2.27. The molecule has 2 aliphatic rings. The van der Waals surface area contributed by atoms with E-state index >= 15 is 0 Å². The van der Waals surface area contributed by atoms with Gasteiger partial charge in [-0.1, -0.05) is 30.3 Å². The lowest BCUT2D eigenvalue weighted by atomic mass is 10.1. The molecule has 5 rings (SSSR count). The molecule has 0 bridgehead atoms. The standard InChI is InChI=1S/C23H23N3O6S2/c1-16-8-9-18(21(14-16)33(28,29)25-10-12-32-13-11-25)24-22(27)15-26-19-6-2-4-17-5-3-7-20(23(17)19)34(26,30)31/h2-9,14H,10-13,15H2,1H3,(H,24,27). The van der Waals surface area contributed by atoms with Crippen LogP contribution in [-0.2, 0) is 29.6 Å². The Morgan fingerprint density at radius 1 is 1.06 bits per heavy atom. The van der Waals surface area contributed by atoms with Crippen LogP contribution < -0.4 is 9.62 Å². The molecule has 3 aromatic carbocycles. The van der Waals surface area contributed by atoms with Gasteiger partial charge >= 0.3 is 0 Å². The summed E-state index contributed by atoms with van der Waals surface area (Å²) in [5, 5.41) is 3.96. The highest BCUT2D eigenvalue weighted by atomic mass is 32.2. The summed E-state index contributed by atoms with van der Waals surface area (Å²) in [6.45, 7) is 2.31. The average molecular weight is 502 g/mol. The molecule has 0 aliphatic carbocycles. The van der Waals surface area contributed by atoms with Crippen molar-refractivity contribution in [1.82, 2.24) is 4.31 Å². The van der Waals surface area contributed by atoms with Crippen LogP contribution in [0.25, 0.3) is 10.8 Å². The molecule has 0 atom stereocenters. The highest BCUT2D eigenvalue weighted by molar-refractivity contribution is 7.93. The SMILES string of the molecule is Cc1ccc(NC(=O)CN2c3cccc4cccc(c34)S2(=O)=O)c(S(=O)(=O)N2CCOCC2)c1. The number of hydrogen-bond acceptors (Lipinski definition) is 6. The molecular weight excluding hydrogens is 478 g/mol. The van der Waals surface area contributed by atoms with Gasteiger partial charge in [0.1, 0.15) is 11.4 Å². The number of rotatable bonds is 5. The summed E-state index contributed by atoms with van der Waals surface area (Å²) in [5.74, 6) is -0.643. The molecule has 0 spiro atoms. The molecule has 178 valence electrons. The van der Waals surface area contributed by atoms with Crippen molar-refractivity contribution in [2.45, 2.75) is 16.7 Å². The molecule has 0 aromatic heterocycles. The van der Waals surface area contributed by atoms with Crippen molar-refractivity contribution < 1.29 is 26.4 Å². The first-order valence-corrected chi connectivity index (χ1v) is 13.6. The predicted molar refractivity (Wildman–Crippen MR) is 128 cm³/mol. The van der Waals surface area contributed by atoms with Gasteiger partial charge in [0.2, 0.25) is 15.9 Å². The number of anilines is 2. The number of nitrogens with zero attached hydrogens (tertiary/aromatic N) is 2. The third-order valence-corrected chi connectivity index (χ3v) is 9.71. The number of amides is 1. The minimum absolute atomic E-state index is 0.0302. The predicted octanol–water partition coefficient (Wildman–Crippen LogP) is 2.32. The van der Waals surface area contributed by atoms with Gasteiger partial charge in [-0.2, -0.15) is 4.31 Å². The van der Waals surface area contributed by atoms with Gasteiger partial charge in [-0.3, -0.25) is 9.10 Å². The van der Waals surface area contributed by atoms with Gasteiger partial charge < -0.3 is 10.1 Å². The minimum Gasteiger partial charge on any atom is -0.379 e. The largest absolute Gasteiger partial charge is 0.379 e. The maximum absolute atomic E-state index is 13.3. The maximum atomic E-state index is 13.3. The summed E-state index contributed by atoms with van der Waals surface area (Å²) >= 11 is 0. The average Bonchev–Trinajstić information content (AvgIpc) is 3.04. The lowest BCUT2D eigenvalue weighted by molar-refractivity contribution is -0.114. The third kappa shape index (κ3) is 3.74. The van der Waals surface area contributed by atoms with Crippen molar-refractivity contribution in [2.24, 2.45) is 0 Å². The van der Waals surface area contributed by atoms with E-state index in [1.807, 2.05) is 12.1 Å². The van der Waals surface area contributed by atoms with Crippen molar-refractivity contribution in [2.75, 3.05) is 42.5 Å². The van der Waals surface area contributed by atoms with Gasteiger partial charge in [-0.15, -0.1) is 0 Å². The van der Waals surface area contributed by atoms with Gasteiger partial charge in [-0.25, -0.2) is 16.8 Å². The Kier molecular flexibility index (Phi) is 5.59. The molecule has 0 saturated carbocycles. The Morgan fingerprint density at radius 2 is 1.76 bits per heavy atom. The van der Waals surface area contributed by atoms with E-state index in [0.29, 0.717) is 29.9 Å². The van der Waals surface area contributed by atoms with Gasteiger partial charge in [0.25, 0.3) is 10.0 Å². The molecule has 1 N–H and O–H groups in total. The third-order valence-electron chi connectivity index (χ3n) is 5.97. The molecule has 3 aromatic rings. The number of morpholine rings is 1. The van der Waals surface area contributed by atoms with Crippen LogP contribution >= 0.6 is 0 Å². The fraction of sp³-hybridized carbons (Fsp3) is 0.261. The number of hydrogen-bond donors (Lipinski definition) is 1.